The molecule has 0 bridgehead atoms. The fourth-order valence-corrected chi connectivity index (χ4v) is 10.7. The molecule has 0 aromatic carbocycles. The topological polar surface area (TPSA) is 95.9 Å². The highest BCUT2D eigenvalue weighted by atomic mass is 16.5. The predicted octanol–water partition coefficient (Wildman–Crippen LogP) is 22.5. The van der Waals surface area contributed by atoms with Gasteiger partial charge in [-0.1, -0.05) is 326 Å². The number of amides is 1. The number of unbranched alkanes of at least 4 members (excludes halogenated alkanes) is 46. The lowest BCUT2D eigenvalue weighted by molar-refractivity contribution is -0.143. The molecule has 0 aromatic heterocycles. The van der Waals surface area contributed by atoms with Gasteiger partial charge in [0.1, 0.15) is 0 Å². The van der Waals surface area contributed by atoms with Gasteiger partial charge in [-0.05, 0) is 83.5 Å². The zero-order chi connectivity index (χ0) is 56.4. The Morgan fingerprint density at radius 3 is 1.01 bits per heavy atom. The largest absolute Gasteiger partial charge is 0.466 e. The van der Waals surface area contributed by atoms with Gasteiger partial charge in [0.05, 0.1) is 25.4 Å². The van der Waals surface area contributed by atoms with Gasteiger partial charge < -0.3 is 20.3 Å². The van der Waals surface area contributed by atoms with Crippen LogP contribution in [0.25, 0.3) is 0 Å². The maximum absolute atomic E-state index is 12.4. The second-order valence-electron chi connectivity index (χ2n) is 23.9. The smallest absolute Gasteiger partial charge is 0.305 e. The highest BCUT2D eigenvalue weighted by Crippen LogP contribution is 2.18. The molecule has 0 aliphatic rings. The number of rotatable bonds is 65. The van der Waals surface area contributed by atoms with Crippen LogP contribution in [0, 0.1) is 0 Å². The maximum atomic E-state index is 12.4. The molecule has 2 unspecified atom stereocenters. The lowest BCUT2D eigenvalue weighted by atomic mass is 10.0. The third kappa shape index (κ3) is 63.0. The van der Waals surface area contributed by atoms with Crippen molar-refractivity contribution in [3.05, 3.63) is 48.6 Å². The first-order valence-electron chi connectivity index (χ1n) is 34.9. The summed E-state index contributed by atoms with van der Waals surface area (Å²) in [7, 11) is 0. The molecule has 0 spiro atoms. The van der Waals surface area contributed by atoms with E-state index in [1.54, 1.807) is 0 Å². The molecule has 6 heteroatoms. The molecular weight excluding hydrogens is 959 g/mol. The Morgan fingerprint density at radius 1 is 0.359 bits per heavy atom. The zero-order valence-electron chi connectivity index (χ0n) is 52.4. The van der Waals surface area contributed by atoms with E-state index < -0.39 is 12.1 Å². The molecule has 0 aliphatic carbocycles. The first kappa shape index (κ1) is 75.8. The van der Waals surface area contributed by atoms with Gasteiger partial charge >= 0.3 is 5.97 Å². The van der Waals surface area contributed by atoms with Crippen LogP contribution >= 0.6 is 0 Å². The van der Waals surface area contributed by atoms with Crippen LogP contribution in [0.2, 0.25) is 0 Å². The van der Waals surface area contributed by atoms with Crippen molar-refractivity contribution in [2.75, 3.05) is 13.2 Å². The highest BCUT2D eigenvalue weighted by molar-refractivity contribution is 5.76. The molecule has 0 radical (unpaired) electrons. The Balaban J connectivity index is 3.34. The van der Waals surface area contributed by atoms with E-state index in [0.717, 1.165) is 57.8 Å². The molecule has 0 saturated heterocycles. The minimum Gasteiger partial charge on any atom is -0.466 e. The lowest BCUT2D eigenvalue weighted by Crippen LogP contribution is -2.45. The van der Waals surface area contributed by atoms with Gasteiger partial charge in [0.2, 0.25) is 5.91 Å². The van der Waals surface area contributed by atoms with Crippen LogP contribution in [0.5, 0.6) is 0 Å². The van der Waals surface area contributed by atoms with Crippen molar-refractivity contribution in [3.8, 4) is 0 Å². The number of carbonyl (C=O) groups is 2. The highest BCUT2D eigenvalue weighted by Gasteiger charge is 2.20. The van der Waals surface area contributed by atoms with E-state index in [0.29, 0.717) is 25.9 Å². The summed E-state index contributed by atoms with van der Waals surface area (Å²) >= 11 is 0. The van der Waals surface area contributed by atoms with E-state index >= 15 is 0 Å². The molecule has 78 heavy (non-hydrogen) atoms. The summed E-state index contributed by atoms with van der Waals surface area (Å²) in [5.74, 6) is -0.0289. The van der Waals surface area contributed by atoms with Gasteiger partial charge in [-0.2, -0.15) is 0 Å². The Labute approximate surface area is 486 Å². The van der Waals surface area contributed by atoms with Gasteiger partial charge in [0.15, 0.2) is 0 Å². The Morgan fingerprint density at radius 2 is 0.654 bits per heavy atom. The third-order valence-electron chi connectivity index (χ3n) is 16.1. The molecule has 0 fully saturated rings. The number of hydrogen-bond acceptors (Lipinski definition) is 5. The average molecular weight is 1090 g/mol. The Bertz CT molecular complexity index is 1310. The van der Waals surface area contributed by atoms with Crippen LogP contribution in [0.15, 0.2) is 48.6 Å². The zero-order valence-corrected chi connectivity index (χ0v) is 52.4. The van der Waals surface area contributed by atoms with Crippen molar-refractivity contribution in [2.45, 2.75) is 386 Å². The lowest BCUT2D eigenvalue weighted by Gasteiger charge is -2.22. The minimum absolute atomic E-state index is 0.00394. The first-order chi connectivity index (χ1) is 38.5. The van der Waals surface area contributed by atoms with E-state index in [-0.39, 0.29) is 18.5 Å². The summed E-state index contributed by atoms with van der Waals surface area (Å²) in [6.45, 7) is 4.91. The van der Waals surface area contributed by atoms with Crippen molar-refractivity contribution < 1.29 is 24.5 Å². The number of allylic oxidation sites excluding steroid dienone is 8. The van der Waals surface area contributed by atoms with E-state index in [9.17, 15) is 19.8 Å². The van der Waals surface area contributed by atoms with Gasteiger partial charge in [0, 0.05) is 12.8 Å². The van der Waals surface area contributed by atoms with E-state index in [1.165, 1.54) is 283 Å². The molecule has 0 rings (SSSR count). The van der Waals surface area contributed by atoms with Crippen LogP contribution < -0.4 is 5.32 Å². The fraction of sp³-hybridized carbons (Fsp3) is 0.861. The summed E-state index contributed by atoms with van der Waals surface area (Å²) in [6, 6.07) is -0.538. The number of carbonyl (C=O) groups excluding carboxylic acids is 2. The molecule has 0 heterocycles. The maximum Gasteiger partial charge on any atom is 0.305 e. The first-order valence-corrected chi connectivity index (χ1v) is 34.9. The van der Waals surface area contributed by atoms with Crippen LogP contribution in [-0.4, -0.2) is 47.4 Å². The van der Waals surface area contributed by atoms with Crippen molar-refractivity contribution in [3.63, 3.8) is 0 Å². The summed E-state index contributed by atoms with van der Waals surface area (Å²) in [5.41, 5.74) is 0. The number of nitrogens with one attached hydrogen (secondary N) is 1. The van der Waals surface area contributed by atoms with Crippen LogP contribution in [0.4, 0.5) is 0 Å². The minimum atomic E-state index is -0.661. The van der Waals surface area contributed by atoms with Crippen molar-refractivity contribution in [2.24, 2.45) is 0 Å². The van der Waals surface area contributed by atoms with Gasteiger partial charge in [-0.25, -0.2) is 0 Å². The van der Waals surface area contributed by atoms with E-state index in [1.807, 2.05) is 0 Å². The number of aliphatic hydroxyl groups excluding tert-OH is 2. The predicted molar refractivity (Wildman–Crippen MR) is 342 cm³/mol. The SMILES string of the molecule is CCCC/C=C\C/C=C\CCCCCCCC(=O)OCCCCCCCCCCCCCCC/C=C\C/C=C\CCCCCCCCCCCCCCCCCCCC(=O)NC(CO)C(O)CCCCCCCCCCCC. The normalized spacial score (nSPS) is 12.8. The fourth-order valence-electron chi connectivity index (χ4n) is 10.7. The molecule has 1 amide bonds. The monoisotopic (exact) mass is 1090 g/mol. The summed E-state index contributed by atoms with van der Waals surface area (Å²) in [6.07, 6.45) is 87.5. The van der Waals surface area contributed by atoms with Crippen molar-refractivity contribution in [1.82, 2.24) is 5.32 Å². The summed E-state index contributed by atoms with van der Waals surface area (Å²) < 4.78 is 5.48. The number of ether oxygens (including phenoxy) is 1. The van der Waals surface area contributed by atoms with Crippen molar-refractivity contribution in [1.29, 1.82) is 0 Å². The number of hydrogen-bond donors (Lipinski definition) is 3. The second kappa shape index (κ2) is 67.3. The standard InChI is InChI=1S/C72H135NO5/c1-3-5-7-9-11-13-15-16-43-46-50-54-58-62-66-72(77)78-67-63-59-55-51-47-44-41-39-37-35-33-31-29-27-25-23-21-19-17-18-20-22-24-26-28-30-32-34-36-38-40-42-45-49-53-57-61-65-71(76)73-69(68-74)70(75)64-60-56-52-48-14-12-10-8-6-4-2/h9,11,15-17,19,23,25,69-70,74-75H,3-8,10,12-14,18,20-22,24,26-68H2,1-2H3,(H,73,76)/b11-9-,16-15-,19-17-,25-23-. The van der Waals surface area contributed by atoms with Gasteiger partial charge in [-0.15, -0.1) is 0 Å². The van der Waals surface area contributed by atoms with E-state index in [4.69, 9.17) is 4.74 Å². The quantitative estimate of drug-likeness (QED) is 0.0320. The van der Waals surface area contributed by atoms with Gasteiger partial charge in [-0.3, -0.25) is 9.59 Å². The molecular formula is C72H135NO5. The number of aliphatic hydroxyl groups is 2. The van der Waals surface area contributed by atoms with E-state index in [2.05, 4.69) is 67.8 Å². The molecule has 0 aliphatic heterocycles. The van der Waals surface area contributed by atoms with Crippen molar-refractivity contribution >= 4 is 11.9 Å². The summed E-state index contributed by atoms with van der Waals surface area (Å²) in [5, 5.41) is 23.2. The molecule has 2 atom stereocenters. The third-order valence-corrected chi connectivity index (χ3v) is 16.1. The average Bonchev–Trinajstić information content (AvgIpc) is 3.44. The second-order valence-corrected chi connectivity index (χ2v) is 23.9. The molecule has 0 saturated carbocycles. The van der Waals surface area contributed by atoms with Crippen LogP contribution in [-0.2, 0) is 14.3 Å². The molecule has 458 valence electrons. The Kier molecular flexibility index (Phi) is 65.4. The Hall–Kier alpha value is -2.18. The van der Waals surface area contributed by atoms with Crippen LogP contribution in [0.1, 0.15) is 373 Å². The molecule has 3 N–H and O–H groups in total. The number of esters is 1. The molecule has 6 nitrogen and oxygen atoms in total. The summed E-state index contributed by atoms with van der Waals surface area (Å²) in [4.78, 5) is 24.5. The van der Waals surface area contributed by atoms with Gasteiger partial charge in [0.25, 0.3) is 0 Å². The van der Waals surface area contributed by atoms with Crippen LogP contribution in [0.3, 0.4) is 0 Å². The molecule has 0 aromatic rings.